The molecule has 0 bridgehead atoms. The lowest BCUT2D eigenvalue weighted by Crippen LogP contribution is -2.47. The van der Waals surface area contributed by atoms with Crippen LogP contribution in [0.3, 0.4) is 0 Å². The molecule has 2 amide bonds. The fraction of sp³-hybridized carbons (Fsp3) is 0.333. The Morgan fingerprint density at radius 1 is 1.11 bits per heavy atom. The molecule has 1 saturated heterocycles. The van der Waals surface area contributed by atoms with Crippen LogP contribution < -0.4 is 10.1 Å². The average Bonchev–Trinajstić information content (AvgIpc) is 2.70. The maximum atomic E-state index is 12.5. The molecule has 1 N–H and O–H groups in total. The highest BCUT2D eigenvalue weighted by molar-refractivity contribution is 6.30. The van der Waals surface area contributed by atoms with Gasteiger partial charge in [-0.15, -0.1) is 0 Å². The minimum absolute atomic E-state index is 0.0574. The number of amides is 2. The number of nitrogens with zero attached hydrogens (tertiary/aromatic N) is 1. The Labute approximate surface area is 164 Å². The van der Waals surface area contributed by atoms with Crippen LogP contribution in [0.5, 0.6) is 5.75 Å². The van der Waals surface area contributed by atoms with Gasteiger partial charge in [0.25, 0.3) is 5.91 Å². The zero-order chi connectivity index (χ0) is 19.2. The van der Waals surface area contributed by atoms with Gasteiger partial charge in [-0.1, -0.05) is 35.9 Å². The summed E-state index contributed by atoms with van der Waals surface area (Å²) in [7, 11) is 1.55. The number of para-hydroxylation sites is 1. The lowest BCUT2D eigenvalue weighted by Gasteiger charge is -2.32. The number of piperidine rings is 1. The third-order valence-corrected chi connectivity index (χ3v) is 5.06. The van der Waals surface area contributed by atoms with E-state index in [1.165, 1.54) is 0 Å². The second-order valence-electron chi connectivity index (χ2n) is 6.63. The van der Waals surface area contributed by atoms with Crippen molar-refractivity contribution < 1.29 is 14.3 Å². The Morgan fingerprint density at radius 2 is 1.78 bits per heavy atom. The molecule has 0 aliphatic carbocycles. The fourth-order valence-electron chi connectivity index (χ4n) is 3.26. The zero-order valence-corrected chi connectivity index (χ0v) is 16.0. The van der Waals surface area contributed by atoms with E-state index in [1.807, 2.05) is 29.2 Å². The largest absolute Gasteiger partial charge is 0.496 e. The second kappa shape index (κ2) is 8.91. The van der Waals surface area contributed by atoms with Crippen LogP contribution in [0.25, 0.3) is 0 Å². The van der Waals surface area contributed by atoms with E-state index in [-0.39, 0.29) is 17.9 Å². The van der Waals surface area contributed by atoms with E-state index < -0.39 is 0 Å². The van der Waals surface area contributed by atoms with E-state index >= 15 is 0 Å². The van der Waals surface area contributed by atoms with Crippen molar-refractivity contribution in [3.8, 4) is 5.75 Å². The highest BCUT2D eigenvalue weighted by atomic mass is 35.5. The van der Waals surface area contributed by atoms with Crippen molar-refractivity contribution in [3.63, 3.8) is 0 Å². The van der Waals surface area contributed by atoms with Crippen LogP contribution in [0.1, 0.15) is 28.8 Å². The van der Waals surface area contributed by atoms with Crippen molar-refractivity contribution in [2.75, 3.05) is 20.2 Å². The van der Waals surface area contributed by atoms with Gasteiger partial charge in [-0.25, -0.2) is 0 Å². The number of halogens is 1. The quantitative estimate of drug-likeness (QED) is 0.857. The molecule has 0 saturated carbocycles. The van der Waals surface area contributed by atoms with Crippen molar-refractivity contribution >= 4 is 23.4 Å². The molecule has 142 valence electrons. The molecule has 2 aromatic carbocycles. The molecule has 0 aromatic heterocycles. The highest BCUT2D eigenvalue weighted by Gasteiger charge is 2.24. The van der Waals surface area contributed by atoms with Crippen LogP contribution in [0, 0.1) is 0 Å². The van der Waals surface area contributed by atoms with E-state index in [4.69, 9.17) is 16.3 Å². The monoisotopic (exact) mass is 386 g/mol. The van der Waals surface area contributed by atoms with Gasteiger partial charge in [-0.2, -0.15) is 0 Å². The molecule has 1 aliphatic heterocycles. The topological polar surface area (TPSA) is 58.6 Å². The minimum atomic E-state index is -0.140. The standard InChI is InChI=1S/C21H23ClN2O3/c1-27-19-5-3-2-4-18(19)21(26)23-17-10-12-24(13-11-17)20(25)14-15-6-8-16(22)9-7-15/h2-9,17H,10-14H2,1H3,(H,23,26). The molecule has 27 heavy (non-hydrogen) atoms. The van der Waals surface area contributed by atoms with E-state index in [0.717, 1.165) is 18.4 Å². The highest BCUT2D eigenvalue weighted by Crippen LogP contribution is 2.19. The first kappa shape index (κ1) is 19.2. The van der Waals surface area contributed by atoms with E-state index in [2.05, 4.69) is 5.32 Å². The molecular weight excluding hydrogens is 364 g/mol. The van der Waals surface area contributed by atoms with Crippen molar-refractivity contribution in [1.29, 1.82) is 0 Å². The van der Waals surface area contributed by atoms with Gasteiger partial charge in [0.2, 0.25) is 5.91 Å². The Kier molecular flexibility index (Phi) is 6.35. The number of benzene rings is 2. The van der Waals surface area contributed by atoms with E-state index in [0.29, 0.717) is 35.8 Å². The first-order chi connectivity index (χ1) is 13.1. The molecular formula is C21H23ClN2O3. The maximum Gasteiger partial charge on any atom is 0.255 e. The fourth-order valence-corrected chi connectivity index (χ4v) is 3.38. The summed E-state index contributed by atoms with van der Waals surface area (Å²) in [5.41, 5.74) is 1.48. The van der Waals surface area contributed by atoms with Crippen molar-refractivity contribution in [2.45, 2.75) is 25.3 Å². The molecule has 1 aliphatic rings. The first-order valence-corrected chi connectivity index (χ1v) is 9.40. The SMILES string of the molecule is COc1ccccc1C(=O)NC1CCN(C(=O)Cc2ccc(Cl)cc2)CC1. The van der Waals surface area contributed by atoms with Crippen molar-refractivity contribution in [3.05, 3.63) is 64.7 Å². The zero-order valence-electron chi connectivity index (χ0n) is 15.3. The number of methoxy groups -OCH3 is 1. The molecule has 3 rings (SSSR count). The van der Waals surface area contributed by atoms with Crippen LogP contribution in [-0.4, -0.2) is 43.0 Å². The van der Waals surface area contributed by atoms with Crippen LogP contribution >= 0.6 is 11.6 Å². The number of carbonyl (C=O) groups excluding carboxylic acids is 2. The van der Waals surface area contributed by atoms with Gasteiger partial charge in [0, 0.05) is 24.2 Å². The number of nitrogens with one attached hydrogen (secondary N) is 1. The molecule has 1 fully saturated rings. The number of hydrogen-bond acceptors (Lipinski definition) is 3. The number of hydrogen-bond donors (Lipinski definition) is 1. The van der Waals surface area contributed by atoms with Gasteiger partial charge in [-0.3, -0.25) is 9.59 Å². The molecule has 0 radical (unpaired) electrons. The Hall–Kier alpha value is -2.53. The molecule has 2 aromatic rings. The van der Waals surface area contributed by atoms with E-state index in [9.17, 15) is 9.59 Å². The lowest BCUT2D eigenvalue weighted by atomic mass is 10.0. The van der Waals surface area contributed by atoms with E-state index in [1.54, 1.807) is 31.4 Å². The second-order valence-corrected chi connectivity index (χ2v) is 7.07. The summed E-state index contributed by atoms with van der Waals surface area (Å²) < 4.78 is 5.25. The normalized spacial score (nSPS) is 14.7. The smallest absolute Gasteiger partial charge is 0.255 e. The minimum Gasteiger partial charge on any atom is -0.496 e. The van der Waals surface area contributed by atoms with Crippen LogP contribution in [0.15, 0.2) is 48.5 Å². The number of likely N-dealkylation sites (tertiary alicyclic amines) is 1. The molecule has 6 heteroatoms. The maximum absolute atomic E-state index is 12.5. The predicted molar refractivity (Wildman–Crippen MR) is 105 cm³/mol. The lowest BCUT2D eigenvalue weighted by molar-refractivity contribution is -0.131. The van der Waals surface area contributed by atoms with Gasteiger partial charge in [0.1, 0.15) is 5.75 Å². The summed E-state index contributed by atoms with van der Waals surface area (Å²) in [6.07, 6.45) is 1.86. The summed E-state index contributed by atoms with van der Waals surface area (Å²) in [4.78, 5) is 26.8. The van der Waals surface area contributed by atoms with Gasteiger partial charge in [0.15, 0.2) is 0 Å². The van der Waals surface area contributed by atoms with Crippen LogP contribution in [0.2, 0.25) is 5.02 Å². The number of rotatable bonds is 5. The summed E-state index contributed by atoms with van der Waals surface area (Å²) in [5, 5.41) is 3.72. The predicted octanol–water partition coefficient (Wildman–Crippen LogP) is 3.31. The first-order valence-electron chi connectivity index (χ1n) is 9.03. The van der Waals surface area contributed by atoms with Gasteiger partial charge >= 0.3 is 0 Å². The Balaban J connectivity index is 1.50. The summed E-state index contributed by atoms with van der Waals surface area (Å²) in [6.45, 7) is 1.28. The molecule has 5 nitrogen and oxygen atoms in total. The Morgan fingerprint density at radius 3 is 2.44 bits per heavy atom. The molecule has 0 unspecified atom stereocenters. The van der Waals surface area contributed by atoms with Gasteiger partial charge in [-0.05, 0) is 42.7 Å². The molecule has 0 spiro atoms. The van der Waals surface area contributed by atoms with Crippen molar-refractivity contribution in [2.24, 2.45) is 0 Å². The molecule has 1 heterocycles. The third kappa shape index (κ3) is 5.01. The summed E-state index contributed by atoms with van der Waals surface area (Å²) in [6, 6.07) is 14.6. The third-order valence-electron chi connectivity index (χ3n) is 4.80. The van der Waals surface area contributed by atoms with Gasteiger partial charge in [0.05, 0.1) is 19.1 Å². The van der Waals surface area contributed by atoms with Crippen LogP contribution in [-0.2, 0) is 11.2 Å². The Bertz CT molecular complexity index is 799. The average molecular weight is 387 g/mol. The van der Waals surface area contributed by atoms with Crippen molar-refractivity contribution in [1.82, 2.24) is 10.2 Å². The van der Waals surface area contributed by atoms with Crippen LogP contribution in [0.4, 0.5) is 0 Å². The molecule has 0 atom stereocenters. The summed E-state index contributed by atoms with van der Waals surface area (Å²) >= 11 is 5.88. The number of carbonyl (C=O) groups is 2. The van der Waals surface area contributed by atoms with Gasteiger partial charge < -0.3 is 15.0 Å². The number of ether oxygens (including phenoxy) is 1. The summed E-state index contributed by atoms with van der Waals surface area (Å²) in [5.74, 6) is 0.524.